The molecular formula is C14H13NO5S2. The Hall–Kier alpha value is -1.90. The van der Waals surface area contributed by atoms with E-state index in [2.05, 4.69) is 0 Å². The number of carboxylic acids is 1. The smallest absolute Gasteiger partial charge is 0.329 e. The van der Waals surface area contributed by atoms with Crippen LogP contribution in [0.3, 0.4) is 0 Å². The first kappa shape index (κ1) is 16.5. The molecule has 1 aromatic carbocycles. The van der Waals surface area contributed by atoms with Crippen LogP contribution in [0.1, 0.15) is 5.56 Å². The molecule has 0 radical (unpaired) electrons. The van der Waals surface area contributed by atoms with Crippen molar-refractivity contribution in [3.8, 4) is 5.75 Å². The molecule has 8 heteroatoms. The minimum absolute atomic E-state index is 0.112. The maximum Gasteiger partial charge on any atom is 0.329 e. The van der Waals surface area contributed by atoms with Gasteiger partial charge in [-0.25, -0.2) is 4.79 Å². The van der Waals surface area contributed by atoms with Crippen LogP contribution in [0, 0.1) is 0 Å². The molecule has 0 spiro atoms. The summed E-state index contributed by atoms with van der Waals surface area (Å²) in [6.45, 7) is -0.700. The molecular weight excluding hydrogens is 326 g/mol. The van der Waals surface area contributed by atoms with Crippen molar-refractivity contribution in [1.82, 2.24) is 4.90 Å². The molecule has 1 aromatic rings. The van der Waals surface area contributed by atoms with Gasteiger partial charge in [0, 0.05) is 0 Å². The van der Waals surface area contributed by atoms with E-state index in [0.29, 0.717) is 10.7 Å². The number of amides is 1. The molecule has 22 heavy (non-hydrogen) atoms. The highest BCUT2D eigenvalue weighted by atomic mass is 32.2. The van der Waals surface area contributed by atoms with Crippen molar-refractivity contribution in [2.45, 2.75) is 6.04 Å². The predicted molar refractivity (Wildman–Crippen MR) is 86.5 cm³/mol. The van der Waals surface area contributed by atoms with E-state index < -0.39 is 24.5 Å². The Labute approximate surface area is 136 Å². The van der Waals surface area contributed by atoms with Crippen LogP contribution in [0.2, 0.25) is 0 Å². The Morgan fingerprint density at radius 2 is 2.27 bits per heavy atom. The number of rotatable bonds is 5. The summed E-state index contributed by atoms with van der Waals surface area (Å²) < 4.78 is 5.22. The highest BCUT2D eigenvalue weighted by Gasteiger charge is 2.40. The normalized spacial score (nSPS) is 17.9. The number of ether oxygens (including phenoxy) is 1. The number of carbonyl (C=O) groups is 2. The zero-order chi connectivity index (χ0) is 16.3. The van der Waals surface area contributed by atoms with E-state index in [0.717, 1.165) is 22.2 Å². The van der Waals surface area contributed by atoms with Crippen molar-refractivity contribution in [1.29, 1.82) is 0 Å². The van der Waals surface area contributed by atoms with Crippen molar-refractivity contribution in [3.63, 3.8) is 0 Å². The molecule has 1 saturated heterocycles. The Bertz CT molecular complexity index is 658. The van der Waals surface area contributed by atoms with Crippen molar-refractivity contribution in [2.75, 3.05) is 13.7 Å². The van der Waals surface area contributed by atoms with Crippen molar-refractivity contribution < 1.29 is 24.5 Å². The van der Waals surface area contributed by atoms with Crippen LogP contribution in [-0.4, -0.2) is 51.1 Å². The third-order valence-corrected chi connectivity index (χ3v) is 4.32. The number of aliphatic carboxylic acids is 1. The summed E-state index contributed by atoms with van der Waals surface area (Å²) >= 11 is 6.05. The largest absolute Gasteiger partial charge is 0.497 e. The molecule has 1 unspecified atom stereocenters. The number of benzene rings is 1. The van der Waals surface area contributed by atoms with Crippen LogP contribution in [0.5, 0.6) is 5.75 Å². The fourth-order valence-electron chi connectivity index (χ4n) is 1.90. The fraction of sp³-hybridized carbons (Fsp3) is 0.214. The number of carbonyl (C=O) groups excluding carboxylic acids is 1. The summed E-state index contributed by atoms with van der Waals surface area (Å²) in [5.74, 6) is -1.19. The molecule has 1 heterocycles. The number of nitrogens with zero attached hydrogens (tertiary/aromatic N) is 1. The molecule has 1 atom stereocenters. The quantitative estimate of drug-likeness (QED) is 0.618. The number of methoxy groups -OCH3 is 1. The topological polar surface area (TPSA) is 87.1 Å². The molecule has 0 bridgehead atoms. The van der Waals surface area contributed by atoms with Crippen LogP contribution in [0.15, 0.2) is 29.2 Å². The summed E-state index contributed by atoms with van der Waals surface area (Å²) in [5.41, 5.74) is 0.732. The van der Waals surface area contributed by atoms with E-state index in [-0.39, 0.29) is 4.32 Å². The summed E-state index contributed by atoms with van der Waals surface area (Å²) in [6.07, 6.45) is 1.61. The van der Waals surface area contributed by atoms with Gasteiger partial charge in [-0.15, -0.1) is 0 Å². The standard InChI is InChI=1S/C14H13NO5S2/c1-20-9-4-2-3-8(5-9)6-11-12(17)15(14(21)22-11)10(7-16)13(18)19/h2-6,10,16H,7H2,1H3,(H,18,19). The molecule has 2 rings (SSSR count). The van der Waals surface area contributed by atoms with E-state index in [9.17, 15) is 9.59 Å². The monoisotopic (exact) mass is 339 g/mol. The average molecular weight is 339 g/mol. The number of carboxylic acid groups (broad SMARTS) is 1. The summed E-state index contributed by atoms with van der Waals surface area (Å²) in [7, 11) is 1.54. The van der Waals surface area contributed by atoms with Gasteiger partial charge in [0.2, 0.25) is 0 Å². The first-order chi connectivity index (χ1) is 10.5. The number of thioether (sulfide) groups is 1. The van der Waals surface area contributed by atoms with Crippen LogP contribution in [0.4, 0.5) is 0 Å². The molecule has 0 aliphatic carbocycles. The predicted octanol–water partition coefficient (Wildman–Crippen LogP) is 1.34. The number of aliphatic hydroxyl groups is 1. The van der Waals surface area contributed by atoms with Crippen LogP contribution < -0.4 is 4.74 Å². The van der Waals surface area contributed by atoms with Gasteiger partial charge in [0.15, 0.2) is 6.04 Å². The Balaban J connectivity index is 2.31. The molecule has 1 amide bonds. The zero-order valence-corrected chi connectivity index (χ0v) is 13.2. The third-order valence-electron chi connectivity index (χ3n) is 2.98. The van der Waals surface area contributed by atoms with Gasteiger partial charge in [-0.2, -0.15) is 0 Å². The number of hydrogen-bond acceptors (Lipinski definition) is 6. The molecule has 0 aromatic heterocycles. The first-order valence-electron chi connectivity index (χ1n) is 6.22. The minimum atomic E-state index is -1.37. The molecule has 0 saturated carbocycles. The average Bonchev–Trinajstić information content (AvgIpc) is 2.76. The second-order valence-electron chi connectivity index (χ2n) is 4.36. The SMILES string of the molecule is COc1cccc(C=C2SC(=S)N(C(CO)C(=O)O)C2=O)c1. The van der Waals surface area contributed by atoms with Gasteiger partial charge in [-0.1, -0.05) is 36.1 Å². The molecule has 2 N–H and O–H groups in total. The maximum atomic E-state index is 12.3. The highest BCUT2D eigenvalue weighted by molar-refractivity contribution is 8.26. The van der Waals surface area contributed by atoms with E-state index in [1.54, 1.807) is 30.3 Å². The van der Waals surface area contributed by atoms with Gasteiger partial charge in [0.25, 0.3) is 5.91 Å². The van der Waals surface area contributed by atoms with Gasteiger partial charge >= 0.3 is 5.97 Å². The summed E-state index contributed by atoms with van der Waals surface area (Å²) in [6, 6.07) is 5.71. The molecule has 116 valence electrons. The van der Waals surface area contributed by atoms with Crippen LogP contribution in [0.25, 0.3) is 6.08 Å². The highest BCUT2D eigenvalue weighted by Crippen LogP contribution is 2.34. The van der Waals surface area contributed by atoms with E-state index in [1.165, 1.54) is 7.11 Å². The number of thiocarbonyl (C=S) groups is 1. The maximum absolute atomic E-state index is 12.3. The van der Waals surface area contributed by atoms with E-state index in [4.69, 9.17) is 27.2 Å². The third kappa shape index (κ3) is 3.29. The lowest BCUT2D eigenvalue weighted by molar-refractivity contribution is -0.146. The van der Waals surface area contributed by atoms with Crippen LogP contribution in [-0.2, 0) is 9.59 Å². The summed E-state index contributed by atoms with van der Waals surface area (Å²) in [4.78, 5) is 24.7. The second-order valence-corrected chi connectivity index (χ2v) is 6.04. The van der Waals surface area contributed by atoms with Gasteiger partial charge < -0.3 is 14.9 Å². The lowest BCUT2D eigenvalue weighted by Gasteiger charge is -2.20. The van der Waals surface area contributed by atoms with Gasteiger partial charge in [-0.05, 0) is 23.8 Å². The van der Waals surface area contributed by atoms with Gasteiger partial charge in [0.05, 0.1) is 18.6 Å². The van der Waals surface area contributed by atoms with Crippen LogP contribution >= 0.6 is 24.0 Å². The zero-order valence-electron chi connectivity index (χ0n) is 11.6. The van der Waals surface area contributed by atoms with Crippen molar-refractivity contribution in [3.05, 3.63) is 34.7 Å². The van der Waals surface area contributed by atoms with E-state index >= 15 is 0 Å². The molecule has 1 aliphatic rings. The van der Waals surface area contributed by atoms with Crippen molar-refractivity contribution >= 4 is 46.3 Å². The fourth-order valence-corrected chi connectivity index (χ4v) is 3.26. The van der Waals surface area contributed by atoms with Gasteiger partial charge in [-0.3, -0.25) is 9.69 Å². The Morgan fingerprint density at radius 3 is 2.86 bits per heavy atom. The second kappa shape index (κ2) is 6.91. The summed E-state index contributed by atoms with van der Waals surface area (Å²) in [5, 5.41) is 18.2. The molecule has 1 aliphatic heterocycles. The Morgan fingerprint density at radius 1 is 1.55 bits per heavy atom. The van der Waals surface area contributed by atoms with Crippen molar-refractivity contribution in [2.24, 2.45) is 0 Å². The molecule has 6 nitrogen and oxygen atoms in total. The molecule has 1 fully saturated rings. The first-order valence-corrected chi connectivity index (χ1v) is 7.45. The minimum Gasteiger partial charge on any atom is -0.497 e. The lowest BCUT2D eigenvalue weighted by atomic mass is 10.2. The number of hydrogen-bond donors (Lipinski definition) is 2. The van der Waals surface area contributed by atoms with Gasteiger partial charge in [0.1, 0.15) is 10.1 Å². The lowest BCUT2D eigenvalue weighted by Crippen LogP contribution is -2.46. The number of aliphatic hydroxyl groups excluding tert-OH is 1. The Kier molecular flexibility index (Phi) is 5.17. The van der Waals surface area contributed by atoms with E-state index in [1.807, 2.05) is 0 Å².